The van der Waals surface area contributed by atoms with Crippen molar-refractivity contribution in [3.63, 3.8) is 0 Å². The van der Waals surface area contributed by atoms with Crippen LogP contribution in [0.2, 0.25) is 0 Å². The van der Waals surface area contributed by atoms with Crippen molar-refractivity contribution in [2.24, 2.45) is 5.92 Å². The Kier molecular flexibility index (Phi) is 4.37. The van der Waals surface area contributed by atoms with Crippen molar-refractivity contribution in [1.82, 2.24) is 5.32 Å². The maximum absolute atomic E-state index is 12.0. The van der Waals surface area contributed by atoms with E-state index >= 15 is 0 Å². The molecular weight excluding hydrogens is 310 g/mol. The van der Waals surface area contributed by atoms with Gasteiger partial charge in [-0.2, -0.15) is 0 Å². The molecule has 0 radical (unpaired) electrons. The van der Waals surface area contributed by atoms with Gasteiger partial charge in [-0.15, -0.1) is 0 Å². The highest BCUT2D eigenvalue weighted by atomic mass is 79.9. The summed E-state index contributed by atoms with van der Waals surface area (Å²) in [6.45, 7) is 0. The van der Waals surface area contributed by atoms with Crippen molar-refractivity contribution in [3.05, 3.63) is 46.5 Å². The molecule has 4 nitrogen and oxygen atoms in total. The summed E-state index contributed by atoms with van der Waals surface area (Å²) in [6.07, 6.45) is 5.24. The number of rotatable bonds is 4. The van der Waals surface area contributed by atoms with Crippen LogP contribution < -0.4 is 5.32 Å². The molecule has 19 heavy (non-hydrogen) atoms. The minimum atomic E-state index is -1.06. The lowest BCUT2D eigenvalue weighted by Crippen LogP contribution is -2.37. The molecule has 1 amide bonds. The van der Waals surface area contributed by atoms with Crippen LogP contribution in [0.4, 0.5) is 0 Å². The number of hydrogen-bond acceptors (Lipinski definition) is 2. The summed E-state index contributed by atoms with van der Waals surface area (Å²) in [5.41, 5.74) is 0.550. The van der Waals surface area contributed by atoms with E-state index in [1.807, 2.05) is 12.2 Å². The molecule has 0 heterocycles. The zero-order chi connectivity index (χ0) is 13.8. The number of halogens is 1. The molecule has 1 aliphatic carbocycles. The fourth-order valence-corrected chi connectivity index (χ4v) is 2.59. The van der Waals surface area contributed by atoms with E-state index in [0.717, 1.165) is 0 Å². The zero-order valence-corrected chi connectivity index (χ0v) is 11.8. The van der Waals surface area contributed by atoms with Crippen LogP contribution in [0.1, 0.15) is 24.4 Å². The molecule has 1 atom stereocenters. The first-order valence-corrected chi connectivity index (χ1v) is 6.81. The third-order valence-corrected chi connectivity index (χ3v) is 3.85. The molecule has 0 fully saturated rings. The smallest absolute Gasteiger partial charge is 0.330 e. The quantitative estimate of drug-likeness (QED) is 0.837. The number of carboxylic acids is 1. The first kappa shape index (κ1) is 13.8. The van der Waals surface area contributed by atoms with Crippen LogP contribution in [-0.2, 0) is 9.59 Å². The molecular formula is C14H14BrNO3. The van der Waals surface area contributed by atoms with Crippen molar-refractivity contribution in [1.29, 1.82) is 0 Å². The van der Waals surface area contributed by atoms with Crippen molar-refractivity contribution < 1.29 is 14.7 Å². The Bertz CT molecular complexity index is 519. The summed E-state index contributed by atoms with van der Waals surface area (Å²) in [7, 11) is 0. The number of hydrogen-bond donors (Lipinski definition) is 2. The normalized spacial score (nSPS) is 16.3. The van der Waals surface area contributed by atoms with E-state index in [4.69, 9.17) is 0 Å². The summed E-state index contributed by atoms with van der Waals surface area (Å²) >= 11 is 3.31. The highest BCUT2D eigenvalue weighted by Gasteiger charge is 2.27. The van der Waals surface area contributed by atoms with Gasteiger partial charge in [0.15, 0.2) is 6.04 Å². The summed E-state index contributed by atoms with van der Waals surface area (Å²) in [5, 5.41) is 11.9. The van der Waals surface area contributed by atoms with Gasteiger partial charge in [-0.3, -0.25) is 4.79 Å². The van der Waals surface area contributed by atoms with Crippen LogP contribution in [0.5, 0.6) is 0 Å². The summed E-state index contributed by atoms with van der Waals surface area (Å²) in [5.74, 6) is -1.43. The van der Waals surface area contributed by atoms with Gasteiger partial charge in [0, 0.05) is 10.4 Å². The molecule has 0 saturated carbocycles. The number of benzene rings is 1. The van der Waals surface area contributed by atoms with E-state index in [1.54, 1.807) is 24.3 Å². The van der Waals surface area contributed by atoms with Crippen molar-refractivity contribution in [3.8, 4) is 0 Å². The lowest BCUT2D eigenvalue weighted by molar-refractivity contribution is -0.142. The highest BCUT2D eigenvalue weighted by molar-refractivity contribution is 9.10. The summed E-state index contributed by atoms with van der Waals surface area (Å²) in [6, 6.07) is 5.97. The van der Waals surface area contributed by atoms with E-state index < -0.39 is 12.0 Å². The Hall–Kier alpha value is -1.62. The fraction of sp³-hybridized carbons (Fsp3) is 0.286. The number of allylic oxidation sites excluding steroid dienone is 2. The maximum Gasteiger partial charge on any atom is 0.330 e. The number of amides is 1. The van der Waals surface area contributed by atoms with Crippen molar-refractivity contribution >= 4 is 27.8 Å². The first-order chi connectivity index (χ1) is 9.09. The van der Waals surface area contributed by atoms with E-state index in [-0.39, 0.29) is 11.8 Å². The van der Waals surface area contributed by atoms with Crippen LogP contribution in [0, 0.1) is 5.92 Å². The Morgan fingerprint density at radius 2 is 1.89 bits per heavy atom. The molecule has 1 aromatic rings. The van der Waals surface area contributed by atoms with Gasteiger partial charge in [0.05, 0.1) is 0 Å². The van der Waals surface area contributed by atoms with E-state index in [2.05, 4.69) is 21.2 Å². The van der Waals surface area contributed by atoms with E-state index in [1.165, 1.54) is 0 Å². The van der Waals surface area contributed by atoms with Gasteiger partial charge < -0.3 is 10.4 Å². The van der Waals surface area contributed by atoms with Gasteiger partial charge in [0.2, 0.25) is 5.91 Å². The van der Waals surface area contributed by atoms with Crippen molar-refractivity contribution in [2.75, 3.05) is 0 Å². The fourth-order valence-electron chi connectivity index (χ4n) is 2.07. The number of carbonyl (C=O) groups excluding carboxylic acids is 1. The molecule has 100 valence electrons. The average molecular weight is 324 g/mol. The number of nitrogens with one attached hydrogen (secondary N) is 1. The minimum Gasteiger partial charge on any atom is -0.479 e. The summed E-state index contributed by atoms with van der Waals surface area (Å²) < 4.78 is 0.673. The van der Waals surface area contributed by atoms with Crippen LogP contribution >= 0.6 is 15.9 Å². The average Bonchev–Trinajstić information content (AvgIpc) is 2.90. The Labute approximate surface area is 119 Å². The Morgan fingerprint density at radius 3 is 2.47 bits per heavy atom. The molecule has 0 aliphatic heterocycles. The molecule has 0 spiro atoms. The van der Waals surface area contributed by atoms with E-state index in [9.17, 15) is 14.7 Å². The second kappa shape index (κ2) is 6.02. The van der Waals surface area contributed by atoms with Gasteiger partial charge in [-0.1, -0.05) is 46.3 Å². The highest BCUT2D eigenvalue weighted by Crippen LogP contribution is 2.25. The van der Waals surface area contributed by atoms with Gasteiger partial charge in [0.1, 0.15) is 0 Å². The molecule has 1 aromatic carbocycles. The van der Waals surface area contributed by atoms with Gasteiger partial charge in [0.25, 0.3) is 0 Å². The lowest BCUT2D eigenvalue weighted by Gasteiger charge is -2.18. The predicted octanol–water partition coefficient (Wildman–Crippen LogP) is 2.66. The molecule has 2 N–H and O–H groups in total. The molecule has 1 unspecified atom stereocenters. The molecule has 1 aliphatic rings. The third-order valence-electron chi connectivity index (χ3n) is 3.13. The second-order valence-corrected chi connectivity index (χ2v) is 5.30. The van der Waals surface area contributed by atoms with Crippen LogP contribution in [-0.4, -0.2) is 17.0 Å². The standard InChI is InChI=1S/C14H14BrNO3/c15-11-8-4-3-7-10(11)12(14(18)19)16-13(17)9-5-1-2-6-9/h1-4,7-9,12H,5-6H2,(H,16,17)(H,18,19). The second-order valence-electron chi connectivity index (χ2n) is 4.44. The molecule has 0 aromatic heterocycles. The Morgan fingerprint density at radius 1 is 1.26 bits per heavy atom. The first-order valence-electron chi connectivity index (χ1n) is 6.02. The number of carbonyl (C=O) groups is 2. The minimum absolute atomic E-state index is 0.149. The monoisotopic (exact) mass is 323 g/mol. The molecule has 2 rings (SSSR count). The van der Waals surface area contributed by atoms with E-state index in [0.29, 0.717) is 22.9 Å². The number of carboxylic acid groups (broad SMARTS) is 1. The van der Waals surface area contributed by atoms with Crippen molar-refractivity contribution in [2.45, 2.75) is 18.9 Å². The lowest BCUT2D eigenvalue weighted by atomic mass is 10.0. The summed E-state index contributed by atoms with van der Waals surface area (Å²) in [4.78, 5) is 23.4. The van der Waals surface area contributed by atoms with Gasteiger partial charge in [-0.05, 0) is 24.5 Å². The van der Waals surface area contributed by atoms with Crippen LogP contribution in [0.3, 0.4) is 0 Å². The van der Waals surface area contributed by atoms with Crippen LogP contribution in [0.15, 0.2) is 40.9 Å². The Balaban J connectivity index is 2.15. The topological polar surface area (TPSA) is 66.4 Å². The zero-order valence-electron chi connectivity index (χ0n) is 10.2. The predicted molar refractivity (Wildman–Crippen MR) is 74.5 cm³/mol. The molecule has 5 heteroatoms. The van der Waals surface area contributed by atoms with Crippen LogP contribution in [0.25, 0.3) is 0 Å². The maximum atomic E-state index is 12.0. The number of aliphatic carboxylic acids is 1. The molecule has 0 saturated heterocycles. The largest absolute Gasteiger partial charge is 0.479 e. The van der Waals surface area contributed by atoms with Gasteiger partial charge >= 0.3 is 5.97 Å². The molecule has 0 bridgehead atoms. The van der Waals surface area contributed by atoms with Gasteiger partial charge in [-0.25, -0.2) is 4.79 Å². The third kappa shape index (κ3) is 3.23. The SMILES string of the molecule is O=C(NC(C(=O)O)c1ccccc1Br)C1CC=CC1.